The lowest BCUT2D eigenvalue weighted by molar-refractivity contribution is -0.134. The molecule has 1 aliphatic carbocycles. The Hall–Kier alpha value is -3.18. The molecule has 174 valence electrons. The Kier molecular flexibility index (Phi) is 6.80. The van der Waals surface area contributed by atoms with Crippen LogP contribution in [0.2, 0.25) is 0 Å². The molecule has 1 unspecified atom stereocenters. The Morgan fingerprint density at radius 3 is 2.73 bits per heavy atom. The number of hydrogen-bond donors (Lipinski definition) is 0. The fraction of sp³-hybridized carbons (Fsp3) is 0.520. The zero-order valence-electron chi connectivity index (χ0n) is 19.8. The fourth-order valence-corrected chi connectivity index (χ4v) is 4.66. The number of rotatable bonds is 7. The van der Waals surface area contributed by atoms with Crippen LogP contribution < -0.4 is 9.64 Å². The number of aromatic nitrogens is 2. The van der Waals surface area contributed by atoms with E-state index in [9.17, 15) is 10.1 Å². The highest BCUT2D eigenvalue weighted by Gasteiger charge is 2.35. The zero-order valence-corrected chi connectivity index (χ0v) is 19.8. The monoisotopic (exact) mass is 449 g/mol. The van der Waals surface area contributed by atoms with Gasteiger partial charge in [-0.05, 0) is 44.4 Å². The van der Waals surface area contributed by atoms with Gasteiger partial charge in [-0.25, -0.2) is 9.97 Å². The molecule has 3 heterocycles. The van der Waals surface area contributed by atoms with Crippen molar-refractivity contribution in [2.75, 3.05) is 45.4 Å². The molecule has 2 aromatic rings. The van der Waals surface area contributed by atoms with Crippen LogP contribution in [-0.4, -0.2) is 67.3 Å². The molecule has 0 N–H and O–H groups in total. The fourth-order valence-electron chi connectivity index (χ4n) is 4.66. The summed E-state index contributed by atoms with van der Waals surface area (Å²) in [4.78, 5) is 26.1. The number of carbonyl (C=O) groups excluding carboxylic acids is 1. The number of nitriles is 1. The smallest absolute Gasteiger partial charge is 0.225 e. The molecular formula is C25H31N5O3. The molecule has 0 spiro atoms. The Morgan fingerprint density at radius 2 is 2.09 bits per heavy atom. The molecule has 2 aromatic heterocycles. The summed E-state index contributed by atoms with van der Waals surface area (Å²) < 4.78 is 10.6. The average molecular weight is 450 g/mol. The van der Waals surface area contributed by atoms with Crippen molar-refractivity contribution in [3.05, 3.63) is 35.2 Å². The summed E-state index contributed by atoms with van der Waals surface area (Å²) in [5.74, 6) is 1.74. The Morgan fingerprint density at radius 1 is 1.30 bits per heavy atom. The van der Waals surface area contributed by atoms with E-state index in [2.05, 4.69) is 16.0 Å². The SMILES string of the molecule is COCCC(=O)N1CCN(c2nc(C3CC3)c(-c3cccnc3OC)c(C)c2C#N)CC1C. The molecule has 2 aliphatic rings. The van der Waals surface area contributed by atoms with Crippen molar-refractivity contribution in [1.82, 2.24) is 14.9 Å². The van der Waals surface area contributed by atoms with Gasteiger partial charge in [0.2, 0.25) is 11.8 Å². The first-order chi connectivity index (χ1) is 16.0. The van der Waals surface area contributed by atoms with Crippen LogP contribution in [0.3, 0.4) is 0 Å². The quantitative estimate of drug-likeness (QED) is 0.640. The summed E-state index contributed by atoms with van der Waals surface area (Å²) >= 11 is 0. The third-order valence-corrected chi connectivity index (χ3v) is 6.53. The lowest BCUT2D eigenvalue weighted by atomic mass is 9.93. The topological polar surface area (TPSA) is 91.6 Å². The van der Waals surface area contributed by atoms with Gasteiger partial charge in [0, 0.05) is 56.0 Å². The van der Waals surface area contributed by atoms with Crippen LogP contribution >= 0.6 is 0 Å². The number of nitrogens with zero attached hydrogens (tertiary/aromatic N) is 5. The van der Waals surface area contributed by atoms with E-state index in [1.165, 1.54) is 0 Å². The maximum Gasteiger partial charge on any atom is 0.225 e. The minimum atomic E-state index is 0.0271. The summed E-state index contributed by atoms with van der Waals surface area (Å²) in [6, 6.07) is 6.30. The first-order valence-electron chi connectivity index (χ1n) is 11.5. The molecule has 1 aliphatic heterocycles. The maximum atomic E-state index is 12.5. The van der Waals surface area contributed by atoms with Crippen molar-refractivity contribution < 1.29 is 14.3 Å². The highest BCUT2D eigenvalue weighted by molar-refractivity contribution is 5.80. The van der Waals surface area contributed by atoms with Gasteiger partial charge >= 0.3 is 0 Å². The lowest BCUT2D eigenvalue weighted by Crippen LogP contribution is -2.54. The van der Waals surface area contributed by atoms with Crippen molar-refractivity contribution in [3.8, 4) is 23.1 Å². The first-order valence-corrected chi connectivity index (χ1v) is 11.5. The molecule has 0 aromatic carbocycles. The summed E-state index contributed by atoms with van der Waals surface area (Å²) in [5, 5.41) is 10.1. The Balaban J connectivity index is 1.71. The van der Waals surface area contributed by atoms with E-state index in [4.69, 9.17) is 14.5 Å². The standard InChI is InChI=1S/C25H31N5O3/c1-16-15-29(11-12-30(16)21(31)9-13-32-3)24-20(14-26)17(2)22(23(28-24)18-7-8-18)19-6-5-10-27-25(19)33-4/h5-6,10,16,18H,7-9,11-13,15H2,1-4H3. The van der Waals surface area contributed by atoms with Crippen LogP contribution in [0.5, 0.6) is 5.88 Å². The molecule has 1 saturated heterocycles. The second-order valence-corrected chi connectivity index (χ2v) is 8.77. The van der Waals surface area contributed by atoms with Gasteiger partial charge in [0.15, 0.2) is 0 Å². The third-order valence-electron chi connectivity index (χ3n) is 6.53. The third kappa shape index (κ3) is 4.51. The second-order valence-electron chi connectivity index (χ2n) is 8.77. The number of carbonyl (C=O) groups is 1. The largest absolute Gasteiger partial charge is 0.481 e. The lowest BCUT2D eigenvalue weighted by Gasteiger charge is -2.41. The van der Waals surface area contributed by atoms with E-state index < -0.39 is 0 Å². The highest BCUT2D eigenvalue weighted by Crippen LogP contribution is 2.47. The summed E-state index contributed by atoms with van der Waals surface area (Å²) in [5.41, 5.74) is 4.33. The van der Waals surface area contributed by atoms with E-state index in [1.807, 2.05) is 30.9 Å². The van der Waals surface area contributed by atoms with E-state index in [1.54, 1.807) is 20.4 Å². The molecule has 1 saturated carbocycles. The number of hydrogen-bond acceptors (Lipinski definition) is 7. The summed E-state index contributed by atoms with van der Waals surface area (Å²) in [6.45, 7) is 6.35. The Labute approximate surface area is 195 Å². The van der Waals surface area contributed by atoms with E-state index >= 15 is 0 Å². The molecule has 1 atom stereocenters. The summed E-state index contributed by atoms with van der Waals surface area (Å²) in [6.07, 6.45) is 4.27. The number of anilines is 1. The van der Waals surface area contributed by atoms with Crippen LogP contribution in [0.1, 0.15) is 48.9 Å². The van der Waals surface area contributed by atoms with Gasteiger partial charge in [0.1, 0.15) is 11.9 Å². The maximum absolute atomic E-state index is 12.5. The Bertz CT molecular complexity index is 1080. The van der Waals surface area contributed by atoms with Gasteiger partial charge in [-0.15, -0.1) is 0 Å². The van der Waals surface area contributed by atoms with Crippen molar-refractivity contribution in [1.29, 1.82) is 5.26 Å². The van der Waals surface area contributed by atoms with Crippen molar-refractivity contribution in [2.24, 2.45) is 0 Å². The zero-order chi connectivity index (χ0) is 23.5. The number of methoxy groups -OCH3 is 2. The first kappa shape index (κ1) is 23.0. The van der Waals surface area contributed by atoms with Crippen LogP contribution in [-0.2, 0) is 9.53 Å². The molecular weight excluding hydrogens is 418 g/mol. The average Bonchev–Trinajstić information content (AvgIpc) is 3.67. The molecule has 1 amide bonds. The van der Waals surface area contributed by atoms with Crippen molar-refractivity contribution in [3.63, 3.8) is 0 Å². The predicted molar refractivity (Wildman–Crippen MR) is 125 cm³/mol. The van der Waals surface area contributed by atoms with Crippen LogP contribution in [0.15, 0.2) is 18.3 Å². The van der Waals surface area contributed by atoms with Gasteiger partial charge in [-0.2, -0.15) is 5.26 Å². The minimum absolute atomic E-state index is 0.0271. The van der Waals surface area contributed by atoms with Gasteiger partial charge in [-0.3, -0.25) is 4.79 Å². The van der Waals surface area contributed by atoms with Crippen molar-refractivity contribution in [2.45, 2.75) is 45.1 Å². The van der Waals surface area contributed by atoms with Gasteiger partial charge in [0.25, 0.3) is 0 Å². The van der Waals surface area contributed by atoms with Gasteiger partial charge < -0.3 is 19.3 Å². The van der Waals surface area contributed by atoms with Gasteiger partial charge in [0.05, 0.1) is 31.4 Å². The molecule has 8 heteroatoms. The van der Waals surface area contributed by atoms with Crippen molar-refractivity contribution >= 4 is 11.7 Å². The summed E-state index contributed by atoms with van der Waals surface area (Å²) in [7, 11) is 3.22. The number of amides is 1. The van der Waals surface area contributed by atoms with Crippen LogP contribution in [0.25, 0.3) is 11.1 Å². The second kappa shape index (κ2) is 9.75. The predicted octanol–water partition coefficient (Wildman–Crippen LogP) is 3.28. The number of pyridine rings is 2. The number of ether oxygens (including phenoxy) is 2. The highest BCUT2D eigenvalue weighted by atomic mass is 16.5. The van der Waals surface area contributed by atoms with E-state index in [-0.39, 0.29) is 11.9 Å². The normalized spacial score (nSPS) is 18.2. The molecule has 8 nitrogen and oxygen atoms in total. The van der Waals surface area contributed by atoms with Crippen LogP contribution in [0, 0.1) is 18.3 Å². The molecule has 33 heavy (non-hydrogen) atoms. The molecule has 0 bridgehead atoms. The molecule has 2 fully saturated rings. The minimum Gasteiger partial charge on any atom is -0.481 e. The van der Waals surface area contributed by atoms with Gasteiger partial charge in [-0.1, -0.05) is 0 Å². The van der Waals surface area contributed by atoms with E-state index in [0.29, 0.717) is 50.0 Å². The van der Waals surface area contributed by atoms with E-state index in [0.717, 1.165) is 41.0 Å². The van der Waals surface area contributed by atoms with Crippen LogP contribution in [0.4, 0.5) is 5.82 Å². The molecule has 4 rings (SSSR count). The number of piperazine rings is 1. The molecule has 0 radical (unpaired) electrons.